The molecule has 1 aliphatic carbocycles. The third-order valence-electron chi connectivity index (χ3n) is 3.63. The number of rotatable bonds is 3. The van der Waals surface area contributed by atoms with E-state index in [2.05, 4.69) is 20.2 Å². The van der Waals surface area contributed by atoms with E-state index in [1.54, 1.807) is 6.07 Å². The zero-order valence-corrected chi connectivity index (χ0v) is 12.1. The van der Waals surface area contributed by atoms with E-state index in [-0.39, 0.29) is 11.4 Å². The van der Waals surface area contributed by atoms with Crippen molar-refractivity contribution < 1.29 is 9.53 Å². The first-order valence-electron chi connectivity index (χ1n) is 6.76. The van der Waals surface area contributed by atoms with Crippen molar-refractivity contribution in [1.82, 2.24) is 15.3 Å². The first-order chi connectivity index (χ1) is 9.59. The summed E-state index contributed by atoms with van der Waals surface area (Å²) in [6.45, 7) is 4.37. The maximum atomic E-state index is 11.3. The highest BCUT2D eigenvalue weighted by Crippen LogP contribution is 2.45. The fourth-order valence-corrected chi connectivity index (χ4v) is 2.64. The van der Waals surface area contributed by atoms with Crippen LogP contribution in [-0.4, -0.2) is 42.2 Å². The van der Waals surface area contributed by atoms with Crippen LogP contribution >= 0.6 is 11.6 Å². The van der Waals surface area contributed by atoms with Crippen molar-refractivity contribution in [3.8, 4) is 0 Å². The minimum atomic E-state index is -0.348. The number of ether oxygens (including phenoxy) is 1. The molecule has 0 unspecified atom stereocenters. The molecule has 1 N–H and O–H groups in total. The molecule has 1 saturated carbocycles. The van der Waals surface area contributed by atoms with Crippen LogP contribution in [0.3, 0.4) is 0 Å². The molecule has 0 bridgehead atoms. The molecule has 2 aliphatic rings. The summed E-state index contributed by atoms with van der Waals surface area (Å²) in [5.74, 6) is 0.567. The third kappa shape index (κ3) is 2.71. The monoisotopic (exact) mass is 296 g/mol. The molecule has 1 saturated heterocycles. The quantitative estimate of drug-likeness (QED) is 0.846. The smallest absolute Gasteiger partial charge is 0.227 e. The minimum Gasteiger partial charge on any atom is -0.378 e. The van der Waals surface area contributed by atoms with Gasteiger partial charge < -0.3 is 15.0 Å². The molecule has 2 heterocycles. The van der Waals surface area contributed by atoms with Gasteiger partial charge in [-0.15, -0.1) is 0 Å². The van der Waals surface area contributed by atoms with E-state index in [1.807, 2.05) is 0 Å². The van der Waals surface area contributed by atoms with Gasteiger partial charge in [0.2, 0.25) is 11.9 Å². The van der Waals surface area contributed by atoms with Gasteiger partial charge in [0.05, 0.1) is 24.4 Å². The summed E-state index contributed by atoms with van der Waals surface area (Å²) in [6, 6.07) is 1.74. The molecule has 1 aromatic rings. The second-order valence-corrected chi connectivity index (χ2v) is 5.63. The van der Waals surface area contributed by atoms with Gasteiger partial charge in [-0.05, 0) is 18.9 Å². The van der Waals surface area contributed by atoms with Gasteiger partial charge >= 0.3 is 0 Å². The summed E-state index contributed by atoms with van der Waals surface area (Å²) in [4.78, 5) is 22.3. The number of morpholine rings is 1. The van der Waals surface area contributed by atoms with Gasteiger partial charge in [-0.3, -0.25) is 4.79 Å². The standard InChI is InChI=1S/C13H17ClN4O2/c1-9(19)17-13(2-3-13)10-8-11(14)16-12(15-10)18-4-6-20-7-5-18/h8H,2-7H2,1H3,(H,17,19). The Morgan fingerprint density at radius 3 is 2.70 bits per heavy atom. The van der Waals surface area contributed by atoms with Crippen molar-refractivity contribution in [3.05, 3.63) is 16.9 Å². The first-order valence-corrected chi connectivity index (χ1v) is 7.13. The maximum absolute atomic E-state index is 11.3. The molecule has 108 valence electrons. The van der Waals surface area contributed by atoms with Gasteiger partial charge in [-0.2, -0.15) is 0 Å². The van der Waals surface area contributed by atoms with Crippen LogP contribution in [0, 0.1) is 0 Å². The predicted octanol–water partition coefficient (Wildman–Crippen LogP) is 1.09. The molecule has 1 amide bonds. The Morgan fingerprint density at radius 2 is 2.10 bits per heavy atom. The molecule has 2 fully saturated rings. The van der Waals surface area contributed by atoms with Crippen LogP contribution in [0.4, 0.5) is 5.95 Å². The topological polar surface area (TPSA) is 67.4 Å². The fraction of sp³-hybridized carbons (Fsp3) is 0.615. The van der Waals surface area contributed by atoms with Crippen LogP contribution in [0.5, 0.6) is 0 Å². The molecular weight excluding hydrogens is 280 g/mol. The maximum Gasteiger partial charge on any atom is 0.227 e. The lowest BCUT2D eigenvalue weighted by Crippen LogP contribution is -2.38. The van der Waals surface area contributed by atoms with E-state index in [0.29, 0.717) is 24.3 Å². The molecule has 0 radical (unpaired) electrons. The van der Waals surface area contributed by atoms with Crippen LogP contribution in [0.25, 0.3) is 0 Å². The van der Waals surface area contributed by atoms with E-state index < -0.39 is 0 Å². The highest BCUT2D eigenvalue weighted by molar-refractivity contribution is 6.29. The SMILES string of the molecule is CC(=O)NC1(c2cc(Cl)nc(N3CCOCC3)n2)CC1. The van der Waals surface area contributed by atoms with Crippen molar-refractivity contribution in [2.24, 2.45) is 0 Å². The highest BCUT2D eigenvalue weighted by Gasteiger charge is 2.47. The molecule has 20 heavy (non-hydrogen) atoms. The lowest BCUT2D eigenvalue weighted by molar-refractivity contribution is -0.120. The van der Waals surface area contributed by atoms with Gasteiger partial charge in [0, 0.05) is 20.0 Å². The van der Waals surface area contributed by atoms with E-state index in [1.165, 1.54) is 6.92 Å². The number of carbonyl (C=O) groups is 1. The lowest BCUT2D eigenvalue weighted by Gasteiger charge is -2.27. The lowest BCUT2D eigenvalue weighted by atomic mass is 10.1. The molecule has 1 aromatic heterocycles. The predicted molar refractivity (Wildman–Crippen MR) is 74.8 cm³/mol. The Bertz CT molecular complexity index is 527. The molecular formula is C13H17ClN4O2. The molecule has 7 heteroatoms. The minimum absolute atomic E-state index is 0.0508. The number of halogens is 1. The van der Waals surface area contributed by atoms with Crippen LogP contribution in [0.1, 0.15) is 25.5 Å². The normalized spacial score (nSPS) is 20.6. The Morgan fingerprint density at radius 1 is 1.40 bits per heavy atom. The molecule has 1 aliphatic heterocycles. The number of carbonyl (C=O) groups excluding carboxylic acids is 1. The van der Waals surface area contributed by atoms with Gasteiger partial charge in [0.15, 0.2) is 0 Å². The number of nitrogens with one attached hydrogen (secondary N) is 1. The first kappa shape index (κ1) is 13.6. The number of hydrogen-bond donors (Lipinski definition) is 1. The summed E-state index contributed by atoms with van der Waals surface area (Å²) in [7, 11) is 0. The Balaban J connectivity index is 1.88. The summed E-state index contributed by atoms with van der Waals surface area (Å²) >= 11 is 6.12. The Labute approximate surface area is 122 Å². The summed E-state index contributed by atoms with van der Waals surface area (Å²) < 4.78 is 5.33. The number of aromatic nitrogens is 2. The molecule has 0 spiro atoms. The highest BCUT2D eigenvalue weighted by atomic mass is 35.5. The van der Waals surface area contributed by atoms with Crippen molar-refractivity contribution in [3.63, 3.8) is 0 Å². The largest absolute Gasteiger partial charge is 0.378 e. The summed E-state index contributed by atoms with van der Waals surface area (Å²) in [6.07, 6.45) is 1.78. The van der Waals surface area contributed by atoms with Gasteiger partial charge in [-0.1, -0.05) is 11.6 Å². The zero-order chi connectivity index (χ0) is 14.2. The van der Waals surface area contributed by atoms with Crippen LogP contribution < -0.4 is 10.2 Å². The molecule has 0 atom stereocenters. The van der Waals surface area contributed by atoms with Crippen LogP contribution in [0.2, 0.25) is 5.15 Å². The van der Waals surface area contributed by atoms with E-state index in [9.17, 15) is 4.79 Å². The average Bonchev–Trinajstić information content (AvgIpc) is 3.19. The molecule has 3 rings (SSSR count). The van der Waals surface area contributed by atoms with E-state index in [4.69, 9.17) is 16.3 Å². The van der Waals surface area contributed by atoms with E-state index >= 15 is 0 Å². The van der Waals surface area contributed by atoms with Crippen LogP contribution in [-0.2, 0) is 15.1 Å². The number of anilines is 1. The fourth-order valence-electron chi connectivity index (χ4n) is 2.46. The van der Waals surface area contributed by atoms with Crippen molar-refractivity contribution in [2.75, 3.05) is 31.2 Å². The van der Waals surface area contributed by atoms with Gasteiger partial charge in [0.1, 0.15) is 5.15 Å². The van der Waals surface area contributed by atoms with Crippen LogP contribution in [0.15, 0.2) is 6.07 Å². The van der Waals surface area contributed by atoms with E-state index in [0.717, 1.165) is 31.6 Å². The van der Waals surface area contributed by atoms with Crippen molar-refractivity contribution in [1.29, 1.82) is 0 Å². The Hall–Kier alpha value is -1.40. The molecule has 6 nitrogen and oxygen atoms in total. The Kier molecular flexibility index (Phi) is 3.52. The average molecular weight is 297 g/mol. The van der Waals surface area contributed by atoms with Gasteiger partial charge in [0.25, 0.3) is 0 Å². The molecule has 0 aromatic carbocycles. The summed E-state index contributed by atoms with van der Waals surface area (Å²) in [5, 5.41) is 3.38. The second kappa shape index (κ2) is 5.18. The summed E-state index contributed by atoms with van der Waals surface area (Å²) in [5.41, 5.74) is 0.452. The zero-order valence-electron chi connectivity index (χ0n) is 11.4. The van der Waals surface area contributed by atoms with Crippen molar-refractivity contribution >= 4 is 23.5 Å². The second-order valence-electron chi connectivity index (χ2n) is 5.24. The number of nitrogens with zero attached hydrogens (tertiary/aromatic N) is 3. The number of hydrogen-bond acceptors (Lipinski definition) is 5. The third-order valence-corrected chi connectivity index (χ3v) is 3.83. The van der Waals surface area contributed by atoms with Crippen molar-refractivity contribution in [2.45, 2.75) is 25.3 Å². The van der Waals surface area contributed by atoms with Gasteiger partial charge in [-0.25, -0.2) is 9.97 Å². The number of amides is 1.